The van der Waals surface area contributed by atoms with Gasteiger partial charge >= 0.3 is 5.97 Å². The van der Waals surface area contributed by atoms with Crippen molar-refractivity contribution in [2.24, 2.45) is 0 Å². The Morgan fingerprint density at radius 2 is 1.71 bits per heavy atom. The first-order chi connectivity index (χ1) is 11.1. The molecule has 24 heavy (non-hydrogen) atoms. The van der Waals surface area contributed by atoms with Crippen LogP contribution in [0.2, 0.25) is 0 Å². The first-order valence-corrected chi connectivity index (χ1v) is 8.63. The Kier molecular flexibility index (Phi) is 7.61. The van der Waals surface area contributed by atoms with Crippen molar-refractivity contribution in [3.63, 3.8) is 0 Å². The molecule has 1 N–H and O–H groups in total. The monoisotopic (exact) mass is 334 g/mol. The minimum Gasteiger partial charge on any atom is -0.460 e. The predicted molar refractivity (Wildman–Crippen MR) is 94.7 cm³/mol. The largest absolute Gasteiger partial charge is 0.460 e. The maximum Gasteiger partial charge on any atom is 0.313 e. The molecule has 0 aliphatic rings. The average molecular weight is 334 g/mol. The SMILES string of the molecule is CCCC(O)(CCc1ccccc1)CC(=O)CC(=O)OC(C)(C)C. The van der Waals surface area contributed by atoms with Gasteiger partial charge in [-0.15, -0.1) is 0 Å². The van der Waals surface area contributed by atoms with Gasteiger partial charge < -0.3 is 9.84 Å². The molecule has 0 aliphatic carbocycles. The van der Waals surface area contributed by atoms with Gasteiger partial charge in [-0.3, -0.25) is 9.59 Å². The number of hydrogen-bond acceptors (Lipinski definition) is 4. The number of Topliss-reactive ketones (excluding diaryl/α,β-unsaturated/α-hetero) is 1. The van der Waals surface area contributed by atoms with E-state index in [1.807, 2.05) is 37.3 Å². The van der Waals surface area contributed by atoms with Crippen LogP contribution in [0.1, 0.15) is 65.4 Å². The average Bonchev–Trinajstić information content (AvgIpc) is 2.44. The number of carbonyl (C=O) groups is 2. The topological polar surface area (TPSA) is 63.6 Å². The van der Waals surface area contributed by atoms with Crippen LogP contribution >= 0.6 is 0 Å². The molecule has 0 saturated heterocycles. The number of benzene rings is 1. The Morgan fingerprint density at radius 3 is 2.25 bits per heavy atom. The zero-order valence-corrected chi connectivity index (χ0v) is 15.3. The highest BCUT2D eigenvalue weighted by atomic mass is 16.6. The van der Waals surface area contributed by atoms with Gasteiger partial charge in [0.05, 0.1) is 5.60 Å². The van der Waals surface area contributed by atoms with E-state index in [1.54, 1.807) is 20.8 Å². The molecule has 1 atom stereocenters. The third-order valence-corrected chi connectivity index (χ3v) is 3.72. The lowest BCUT2D eigenvalue weighted by molar-refractivity contribution is -0.156. The van der Waals surface area contributed by atoms with Crippen LogP contribution in [-0.2, 0) is 20.7 Å². The summed E-state index contributed by atoms with van der Waals surface area (Å²) in [7, 11) is 0. The number of ketones is 1. The first-order valence-electron chi connectivity index (χ1n) is 8.63. The van der Waals surface area contributed by atoms with Crippen molar-refractivity contribution < 1.29 is 19.4 Å². The van der Waals surface area contributed by atoms with Crippen LogP contribution in [0.15, 0.2) is 30.3 Å². The molecular weight excluding hydrogens is 304 g/mol. The summed E-state index contributed by atoms with van der Waals surface area (Å²) in [6.07, 6.45) is 2.24. The standard InChI is InChI=1S/C20H30O4/c1-5-12-20(23,13-11-16-9-7-6-8-10-16)15-17(21)14-18(22)24-19(2,3)4/h6-10,23H,5,11-15H2,1-4H3. The first kappa shape index (κ1) is 20.4. The summed E-state index contributed by atoms with van der Waals surface area (Å²) in [5.41, 5.74) is -0.541. The molecule has 0 heterocycles. The van der Waals surface area contributed by atoms with E-state index in [4.69, 9.17) is 4.74 Å². The smallest absolute Gasteiger partial charge is 0.313 e. The van der Waals surface area contributed by atoms with E-state index in [0.717, 1.165) is 12.0 Å². The summed E-state index contributed by atoms with van der Waals surface area (Å²) in [6, 6.07) is 9.89. The Hall–Kier alpha value is -1.68. The van der Waals surface area contributed by atoms with Crippen molar-refractivity contribution in [1.82, 2.24) is 0 Å². The van der Waals surface area contributed by atoms with Gasteiger partial charge in [-0.1, -0.05) is 43.7 Å². The second-order valence-corrected chi connectivity index (χ2v) is 7.44. The van der Waals surface area contributed by atoms with Gasteiger partial charge in [0.2, 0.25) is 0 Å². The van der Waals surface area contributed by atoms with Crippen LogP contribution in [0.3, 0.4) is 0 Å². The van der Waals surface area contributed by atoms with Crippen molar-refractivity contribution in [2.45, 2.75) is 77.4 Å². The van der Waals surface area contributed by atoms with Crippen LogP contribution < -0.4 is 0 Å². The molecule has 0 radical (unpaired) electrons. The number of esters is 1. The van der Waals surface area contributed by atoms with Gasteiger partial charge in [-0.25, -0.2) is 0 Å². The zero-order valence-electron chi connectivity index (χ0n) is 15.3. The number of hydrogen-bond donors (Lipinski definition) is 1. The Morgan fingerprint density at radius 1 is 1.08 bits per heavy atom. The molecule has 0 amide bonds. The summed E-state index contributed by atoms with van der Waals surface area (Å²) in [5, 5.41) is 10.8. The third-order valence-electron chi connectivity index (χ3n) is 3.72. The molecular formula is C20H30O4. The highest BCUT2D eigenvalue weighted by molar-refractivity contribution is 5.96. The minimum absolute atomic E-state index is 0.00703. The van der Waals surface area contributed by atoms with E-state index in [-0.39, 0.29) is 18.6 Å². The van der Waals surface area contributed by atoms with Crippen LogP contribution in [0.5, 0.6) is 0 Å². The highest BCUT2D eigenvalue weighted by Gasteiger charge is 2.30. The highest BCUT2D eigenvalue weighted by Crippen LogP contribution is 2.25. The molecule has 0 saturated carbocycles. The molecule has 1 aromatic carbocycles. The number of aryl methyl sites for hydroxylation is 1. The fourth-order valence-electron chi connectivity index (χ4n) is 2.76. The minimum atomic E-state index is -1.07. The Bertz CT molecular complexity index is 530. The number of rotatable bonds is 9. The van der Waals surface area contributed by atoms with Crippen LogP contribution in [-0.4, -0.2) is 28.1 Å². The van der Waals surface area contributed by atoms with Gasteiger partial charge in [0.25, 0.3) is 0 Å². The normalized spacial score (nSPS) is 14.0. The summed E-state index contributed by atoms with van der Waals surface area (Å²) in [5.74, 6) is -0.803. The van der Waals surface area contributed by atoms with E-state index in [0.29, 0.717) is 19.3 Å². The lowest BCUT2D eigenvalue weighted by Crippen LogP contribution is -2.34. The number of ether oxygens (including phenoxy) is 1. The van der Waals surface area contributed by atoms with E-state index in [1.165, 1.54) is 0 Å². The molecule has 134 valence electrons. The van der Waals surface area contributed by atoms with Crippen LogP contribution in [0, 0.1) is 0 Å². The van der Waals surface area contributed by atoms with Gasteiger partial charge in [-0.2, -0.15) is 0 Å². The van der Waals surface area contributed by atoms with Gasteiger partial charge in [0, 0.05) is 6.42 Å². The number of aliphatic hydroxyl groups is 1. The molecule has 0 spiro atoms. The summed E-state index contributed by atoms with van der Waals surface area (Å²) < 4.78 is 5.17. The van der Waals surface area contributed by atoms with Crippen LogP contribution in [0.25, 0.3) is 0 Å². The van der Waals surface area contributed by atoms with Crippen molar-refractivity contribution in [3.05, 3.63) is 35.9 Å². The third kappa shape index (κ3) is 8.25. The lowest BCUT2D eigenvalue weighted by atomic mass is 9.85. The van der Waals surface area contributed by atoms with Gasteiger partial charge in [0.1, 0.15) is 17.8 Å². The molecule has 1 unspecified atom stereocenters. The summed E-state index contributed by atoms with van der Waals surface area (Å²) in [4.78, 5) is 23.9. The van der Waals surface area contributed by atoms with E-state index in [9.17, 15) is 14.7 Å². The zero-order chi connectivity index (χ0) is 18.2. The van der Waals surface area contributed by atoms with Crippen molar-refractivity contribution in [2.75, 3.05) is 0 Å². The molecule has 0 aromatic heterocycles. The van der Waals surface area contributed by atoms with Gasteiger partial charge in [-0.05, 0) is 45.6 Å². The molecule has 0 fully saturated rings. The fourth-order valence-corrected chi connectivity index (χ4v) is 2.76. The van der Waals surface area contributed by atoms with Crippen molar-refractivity contribution in [1.29, 1.82) is 0 Å². The van der Waals surface area contributed by atoms with Crippen molar-refractivity contribution in [3.8, 4) is 0 Å². The number of carbonyl (C=O) groups excluding carboxylic acids is 2. The second kappa shape index (κ2) is 8.97. The molecule has 4 heteroatoms. The Balaban J connectivity index is 2.59. The van der Waals surface area contributed by atoms with Gasteiger partial charge in [0.15, 0.2) is 0 Å². The quantitative estimate of drug-likeness (QED) is 0.550. The Labute approximate surface area is 145 Å². The molecule has 0 bridgehead atoms. The lowest BCUT2D eigenvalue weighted by Gasteiger charge is -2.27. The molecule has 1 aromatic rings. The predicted octanol–water partition coefficient (Wildman–Crippen LogP) is 3.84. The summed E-state index contributed by atoms with van der Waals surface area (Å²) >= 11 is 0. The summed E-state index contributed by atoms with van der Waals surface area (Å²) in [6.45, 7) is 7.28. The molecule has 1 rings (SSSR count). The van der Waals surface area contributed by atoms with Crippen molar-refractivity contribution >= 4 is 11.8 Å². The van der Waals surface area contributed by atoms with Crippen LogP contribution in [0.4, 0.5) is 0 Å². The van der Waals surface area contributed by atoms with E-state index in [2.05, 4.69) is 0 Å². The maximum absolute atomic E-state index is 12.2. The fraction of sp³-hybridized carbons (Fsp3) is 0.600. The maximum atomic E-state index is 12.2. The molecule has 4 nitrogen and oxygen atoms in total. The molecule has 0 aliphatic heterocycles. The van der Waals surface area contributed by atoms with E-state index < -0.39 is 17.2 Å². The van der Waals surface area contributed by atoms with E-state index >= 15 is 0 Å². The second-order valence-electron chi connectivity index (χ2n) is 7.44.